The van der Waals surface area contributed by atoms with Crippen LogP contribution in [0.2, 0.25) is 0 Å². The van der Waals surface area contributed by atoms with Gasteiger partial charge in [-0.2, -0.15) is 0 Å². The summed E-state index contributed by atoms with van der Waals surface area (Å²) in [5, 5.41) is 2.68. The average Bonchev–Trinajstić information content (AvgIpc) is 2.54. The predicted molar refractivity (Wildman–Crippen MR) is 103 cm³/mol. The molecular weight excluding hydrogens is 350 g/mol. The fourth-order valence-electron chi connectivity index (χ4n) is 2.40. The number of hydrogen-bond donors (Lipinski definition) is 3. The SMILES string of the molecule is CC(C)(C)NS(=O)(=O)c1cccc(NC(=O)[C@@H](N)Cc2ccccc2)c1. The standard InChI is InChI=1S/C19H25N3O3S/c1-19(2,3)22-26(24,25)16-11-7-10-15(13-16)21-18(23)17(20)12-14-8-5-4-6-9-14/h4-11,13,17,22H,12,20H2,1-3H3,(H,21,23)/t17-/m0/s1. The van der Waals surface area contributed by atoms with E-state index in [1.165, 1.54) is 12.1 Å². The van der Waals surface area contributed by atoms with Crippen molar-refractivity contribution >= 4 is 21.6 Å². The third-order valence-corrected chi connectivity index (χ3v) is 5.24. The molecule has 1 amide bonds. The van der Waals surface area contributed by atoms with Gasteiger partial charge in [0.1, 0.15) is 0 Å². The molecule has 26 heavy (non-hydrogen) atoms. The monoisotopic (exact) mass is 375 g/mol. The van der Waals surface area contributed by atoms with Gasteiger partial charge in [-0.3, -0.25) is 4.79 Å². The lowest BCUT2D eigenvalue weighted by atomic mass is 10.1. The van der Waals surface area contributed by atoms with E-state index in [2.05, 4.69) is 10.0 Å². The van der Waals surface area contributed by atoms with E-state index in [4.69, 9.17) is 5.73 Å². The second kappa shape index (κ2) is 7.99. The number of anilines is 1. The Morgan fingerprint density at radius 1 is 1.08 bits per heavy atom. The molecule has 2 rings (SSSR count). The van der Waals surface area contributed by atoms with E-state index in [0.29, 0.717) is 12.1 Å². The summed E-state index contributed by atoms with van der Waals surface area (Å²) < 4.78 is 27.4. The summed E-state index contributed by atoms with van der Waals surface area (Å²) >= 11 is 0. The molecule has 0 aliphatic carbocycles. The molecule has 0 saturated carbocycles. The van der Waals surface area contributed by atoms with E-state index in [1.54, 1.807) is 32.9 Å². The number of nitrogens with one attached hydrogen (secondary N) is 2. The van der Waals surface area contributed by atoms with Crippen LogP contribution in [-0.4, -0.2) is 25.9 Å². The van der Waals surface area contributed by atoms with Gasteiger partial charge in [-0.05, 0) is 51.0 Å². The molecule has 0 heterocycles. The Hall–Kier alpha value is -2.22. The highest BCUT2D eigenvalue weighted by Gasteiger charge is 2.22. The molecule has 0 saturated heterocycles. The number of carbonyl (C=O) groups excluding carboxylic acids is 1. The number of hydrogen-bond acceptors (Lipinski definition) is 4. The lowest BCUT2D eigenvalue weighted by Crippen LogP contribution is -2.40. The number of carbonyl (C=O) groups is 1. The van der Waals surface area contributed by atoms with Crippen LogP contribution in [0.4, 0.5) is 5.69 Å². The maximum atomic E-state index is 12.4. The van der Waals surface area contributed by atoms with Crippen molar-refractivity contribution in [2.45, 2.75) is 43.7 Å². The van der Waals surface area contributed by atoms with E-state index >= 15 is 0 Å². The van der Waals surface area contributed by atoms with Gasteiger partial charge in [0, 0.05) is 11.2 Å². The molecule has 140 valence electrons. The highest BCUT2D eigenvalue weighted by Crippen LogP contribution is 2.18. The fourth-order valence-corrected chi connectivity index (χ4v) is 3.86. The number of nitrogens with two attached hydrogens (primary N) is 1. The fraction of sp³-hybridized carbons (Fsp3) is 0.316. The second-order valence-electron chi connectivity index (χ2n) is 7.17. The zero-order valence-electron chi connectivity index (χ0n) is 15.2. The van der Waals surface area contributed by atoms with E-state index in [1.807, 2.05) is 30.3 Å². The van der Waals surface area contributed by atoms with Crippen molar-refractivity contribution in [1.82, 2.24) is 4.72 Å². The Labute approximate surface area is 154 Å². The molecule has 7 heteroatoms. The summed E-state index contributed by atoms with van der Waals surface area (Å²) in [6.45, 7) is 5.29. The van der Waals surface area contributed by atoms with Crippen molar-refractivity contribution in [2.24, 2.45) is 5.73 Å². The third-order valence-electron chi connectivity index (χ3n) is 3.49. The van der Waals surface area contributed by atoms with Crippen LogP contribution in [0.3, 0.4) is 0 Å². The molecule has 0 aliphatic heterocycles. The Morgan fingerprint density at radius 3 is 2.35 bits per heavy atom. The minimum Gasteiger partial charge on any atom is -0.325 e. The van der Waals surface area contributed by atoms with Crippen molar-refractivity contribution in [2.75, 3.05) is 5.32 Å². The van der Waals surface area contributed by atoms with Gasteiger partial charge in [-0.1, -0.05) is 36.4 Å². The lowest BCUT2D eigenvalue weighted by Gasteiger charge is -2.20. The van der Waals surface area contributed by atoms with Crippen LogP contribution in [0.15, 0.2) is 59.5 Å². The van der Waals surface area contributed by atoms with Crippen LogP contribution in [0.25, 0.3) is 0 Å². The Balaban J connectivity index is 2.09. The molecule has 2 aromatic rings. The van der Waals surface area contributed by atoms with E-state index < -0.39 is 21.6 Å². The van der Waals surface area contributed by atoms with Crippen LogP contribution < -0.4 is 15.8 Å². The lowest BCUT2D eigenvalue weighted by molar-refractivity contribution is -0.117. The Morgan fingerprint density at radius 2 is 1.73 bits per heavy atom. The van der Waals surface area contributed by atoms with E-state index in [0.717, 1.165) is 5.56 Å². The van der Waals surface area contributed by atoms with Gasteiger partial charge in [0.05, 0.1) is 10.9 Å². The topological polar surface area (TPSA) is 101 Å². The van der Waals surface area contributed by atoms with Crippen molar-refractivity contribution in [1.29, 1.82) is 0 Å². The first-order valence-corrected chi connectivity index (χ1v) is 9.79. The summed E-state index contributed by atoms with van der Waals surface area (Å²) in [6, 6.07) is 14.8. The first-order valence-electron chi connectivity index (χ1n) is 8.31. The van der Waals surface area contributed by atoms with Gasteiger partial charge in [-0.25, -0.2) is 13.1 Å². The van der Waals surface area contributed by atoms with Gasteiger partial charge in [0.25, 0.3) is 0 Å². The van der Waals surface area contributed by atoms with Crippen molar-refractivity contribution in [3.8, 4) is 0 Å². The van der Waals surface area contributed by atoms with Crippen LogP contribution in [-0.2, 0) is 21.2 Å². The minimum atomic E-state index is -3.68. The van der Waals surface area contributed by atoms with Crippen LogP contribution >= 0.6 is 0 Å². The van der Waals surface area contributed by atoms with Gasteiger partial charge in [-0.15, -0.1) is 0 Å². The number of benzene rings is 2. The summed E-state index contributed by atoms with van der Waals surface area (Å²) in [6.07, 6.45) is 0.399. The molecule has 6 nitrogen and oxygen atoms in total. The molecule has 2 aromatic carbocycles. The molecule has 0 radical (unpaired) electrons. The first kappa shape index (κ1) is 20.1. The summed E-state index contributed by atoms with van der Waals surface area (Å²) in [4.78, 5) is 12.4. The van der Waals surface area contributed by atoms with E-state index in [9.17, 15) is 13.2 Å². The van der Waals surface area contributed by atoms with Gasteiger partial charge >= 0.3 is 0 Å². The highest BCUT2D eigenvalue weighted by molar-refractivity contribution is 7.89. The molecule has 0 bridgehead atoms. The Bertz CT molecular complexity index is 859. The molecule has 0 spiro atoms. The largest absolute Gasteiger partial charge is 0.325 e. The molecular formula is C19H25N3O3S. The molecule has 0 fully saturated rings. The third kappa shape index (κ3) is 5.94. The van der Waals surface area contributed by atoms with Gasteiger partial charge in [0.15, 0.2) is 0 Å². The minimum absolute atomic E-state index is 0.0851. The molecule has 4 N–H and O–H groups in total. The normalized spacial score (nSPS) is 13.2. The number of rotatable bonds is 6. The zero-order valence-corrected chi connectivity index (χ0v) is 16.0. The van der Waals surface area contributed by atoms with Gasteiger partial charge in [0.2, 0.25) is 15.9 Å². The van der Waals surface area contributed by atoms with Crippen molar-refractivity contribution < 1.29 is 13.2 Å². The smallest absolute Gasteiger partial charge is 0.241 e. The van der Waals surface area contributed by atoms with Crippen LogP contribution in [0.5, 0.6) is 0 Å². The summed E-state index contributed by atoms with van der Waals surface area (Å²) in [7, 11) is -3.68. The Kier molecular flexibility index (Phi) is 6.17. The average molecular weight is 375 g/mol. The zero-order chi connectivity index (χ0) is 19.4. The molecule has 0 unspecified atom stereocenters. The predicted octanol–water partition coefficient (Wildman–Crippen LogP) is 2.27. The number of amides is 1. The van der Waals surface area contributed by atoms with Crippen molar-refractivity contribution in [3.63, 3.8) is 0 Å². The first-order chi connectivity index (χ1) is 12.1. The highest BCUT2D eigenvalue weighted by atomic mass is 32.2. The van der Waals surface area contributed by atoms with Crippen LogP contribution in [0.1, 0.15) is 26.3 Å². The summed E-state index contributed by atoms with van der Waals surface area (Å²) in [5.74, 6) is -0.368. The summed E-state index contributed by atoms with van der Waals surface area (Å²) in [5.41, 5.74) is 6.70. The van der Waals surface area contributed by atoms with E-state index in [-0.39, 0.29) is 10.8 Å². The molecule has 1 atom stereocenters. The van der Waals surface area contributed by atoms with Crippen LogP contribution in [0, 0.1) is 0 Å². The van der Waals surface area contributed by atoms with Gasteiger partial charge < -0.3 is 11.1 Å². The number of sulfonamides is 1. The second-order valence-corrected chi connectivity index (χ2v) is 8.85. The quantitative estimate of drug-likeness (QED) is 0.721. The molecule has 0 aromatic heterocycles. The van der Waals surface area contributed by atoms with Crippen molar-refractivity contribution in [3.05, 3.63) is 60.2 Å². The maximum Gasteiger partial charge on any atom is 0.241 e. The maximum absolute atomic E-state index is 12.4. The molecule has 0 aliphatic rings.